The zero-order valence-corrected chi connectivity index (χ0v) is 14.7. The van der Waals surface area contributed by atoms with Crippen molar-refractivity contribution in [3.63, 3.8) is 0 Å². The molecule has 1 saturated heterocycles. The molecule has 1 aliphatic heterocycles. The highest BCUT2D eigenvalue weighted by atomic mass is 19.3. The summed E-state index contributed by atoms with van der Waals surface area (Å²) in [5.41, 5.74) is 1.91. The fourth-order valence-electron chi connectivity index (χ4n) is 2.87. The smallest absolute Gasteiger partial charge is 0.387 e. The summed E-state index contributed by atoms with van der Waals surface area (Å²) < 4.78 is 28.7. The second-order valence-corrected chi connectivity index (χ2v) is 6.12. The van der Waals surface area contributed by atoms with Gasteiger partial charge in [0.1, 0.15) is 5.75 Å². The van der Waals surface area contributed by atoms with Crippen molar-refractivity contribution < 1.29 is 23.1 Å². The van der Waals surface area contributed by atoms with Crippen LogP contribution in [0.2, 0.25) is 0 Å². The highest BCUT2D eigenvalue weighted by Gasteiger charge is 2.22. The van der Waals surface area contributed by atoms with E-state index < -0.39 is 6.61 Å². The van der Waals surface area contributed by atoms with Crippen molar-refractivity contribution in [3.05, 3.63) is 59.7 Å². The zero-order valence-electron chi connectivity index (χ0n) is 14.7. The lowest BCUT2D eigenvalue weighted by atomic mass is 10.1. The molecular weight excluding hydrogens is 356 g/mol. The van der Waals surface area contributed by atoms with Crippen molar-refractivity contribution in [2.24, 2.45) is 0 Å². The molecule has 0 unspecified atom stereocenters. The van der Waals surface area contributed by atoms with Gasteiger partial charge >= 0.3 is 12.6 Å². The van der Waals surface area contributed by atoms with Crippen LogP contribution in [0.5, 0.6) is 5.75 Å². The number of nitrogens with zero attached hydrogens (tertiary/aromatic N) is 2. The maximum Gasteiger partial charge on any atom is 0.387 e. The van der Waals surface area contributed by atoms with E-state index in [2.05, 4.69) is 10.1 Å². The summed E-state index contributed by atoms with van der Waals surface area (Å²) >= 11 is 0. The van der Waals surface area contributed by atoms with Crippen LogP contribution < -0.4 is 15.0 Å². The number of carbonyl (C=O) groups excluding carboxylic acids is 2. The van der Waals surface area contributed by atoms with Crippen LogP contribution in [-0.2, 0) is 6.54 Å². The molecule has 1 N–H and O–H groups in total. The third kappa shape index (κ3) is 4.52. The van der Waals surface area contributed by atoms with Crippen molar-refractivity contribution in [2.75, 3.05) is 25.0 Å². The fourth-order valence-corrected chi connectivity index (χ4v) is 2.87. The van der Waals surface area contributed by atoms with Gasteiger partial charge in [0.05, 0.1) is 0 Å². The van der Waals surface area contributed by atoms with Crippen molar-refractivity contribution in [1.82, 2.24) is 10.2 Å². The van der Waals surface area contributed by atoms with Gasteiger partial charge in [-0.05, 0) is 35.9 Å². The molecule has 0 atom stereocenters. The summed E-state index contributed by atoms with van der Waals surface area (Å²) in [5, 5.41) is 2.72. The van der Waals surface area contributed by atoms with Crippen molar-refractivity contribution >= 4 is 17.6 Å². The summed E-state index contributed by atoms with van der Waals surface area (Å²) in [6.45, 7) is -1.44. The van der Waals surface area contributed by atoms with E-state index >= 15 is 0 Å². The first kappa shape index (κ1) is 18.6. The van der Waals surface area contributed by atoms with Crippen molar-refractivity contribution in [1.29, 1.82) is 0 Å². The number of alkyl halides is 2. The standard InChI is InChI=1S/C19H19F2N3O3/c1-23(12-13-5-7-16(8-6-13)27-18(20)21)17(25)14-3-2-4-15(11-14)24-10-9-22-19(24)26/h2-8,11,18H,9-10,12H2,1H3,(H,22,26). The lowest BCUT2D eigenvalue weighted by Crippen LogP contribution is -2.29. The lowest BCUT2D eigenvalue weighted by Gasteiger charge is -2.19. The predicted molar refractivity (Wildman–Crippen MR) is 96.1 cm³/mol. The van der Waals surface area contributed by atoms with E-state index in [4.69, 9.17) is 0 Å². The molecule has 0 aromatic heterocycles. The van der Waals surface area contributed by atoms with Gasteiger partial charge in [-0.15, -0.1) is 0 Å². The SMILES string of the molecule is CN(Cc1ccc(OC(F)F)cc1)C(=O)c1cccc(N2CCNC2=O)c1. The number of nitrogens with one attached hydrogen (secondary N) is 1. The number of rotatable bonds is 6. The van der Waals surface area contributed by atoms with Crippen LogP contribution in [0.25, 0.3) is 0 Å². The number of amides is 3. The maximum absolute atomic E-state index is 12.7. The minimum absolute atomic E-state index is 0.0688. The molecule has 1 heterocycles. The first-order valence-electron chi connectivity index (χ1n) is 8.38. The number of carbonyl (C=O) groups is 2. The van der Waals surface area contributed by atoms with Crippen molar-refractivity contribution in [3.8, 4) is 5.75 Å². The van der Waals surface area contributed by atoms with Crippen molar-refractivity contribution in [2.45, 2.75) is 13.2 Å². The Bertz CT molecular complexity index is 827. The highest BCUT2D eigenvalue weighted by molar-refractivity contribution is 5.98. The molecule has 2 aromatic carbocycles. The van der Waals surface area contributed by atoms with Gasteiger partial charge in [0.2, 0.25) is 0 Å². The summed E-state index contributed by atoms with van der Waals surface area (Å²) in [4.78, 5) is 27.6. The Morgan fingerprint density at radius 2 is 2.00 bits per heavy atom. The number of halogens is 2. The molecule has 0 bridgehead atoms. The molecule has 1 aliphatic rings. The largest absolute Gasteiger partial charge is 0.435 e. The van der Waals surface area contributed by atoms with Gasteiger partial charge in [-0.2, -0.15) is 8.78 Å². The van der Waals surface area contributed by atoms with Crippen LogP contribution in [0.1, 0.15) is 15.9 Å². The normalized spacial score (nSPS) is 13.6. The van der Waals surface area contributed by atoms with Crippen LogP contribution in [0.15, 0.2) is 48.5 Å². The third-order valence-electron chi connectivity index (χ3n) is 4.18. The summed E-state index contributed by atoms with van der Waals surface area (Å²) in [5.74, 6) is -0.135. The van der Waals surface area contributed by atoms with E-state index in [1.807, 2.05) is 0 Å². The molecule has 3 amide bonds. The molecule has 142 valence electrons. The molecule has 2 aromatic rings. The Morgan fingerprint density at radius 1 is 1.26 bits per heavy atom. The quantitative estimate of drug-likeness (QED) is 0.844. The molecule has 0 spiro atoms. The second kappa shape index (κ2) is 8.03. The number of anilines is 1. The van der Waals surface area contributed by atoms with Gasteiger partial charge < -0.3 is 15.0 Å². The third-order valence-corrected chi connectivity index (χ3v) is 4.18. The van der Waals surface area contributed by atoms with E-state index in [9.17, 15) is 18.4 Å². The minimum Gasteiger partial charge on any atom is -0.435 e. The second-order valence-electron chi connectivity index (χ2n) is 6.12. The first-order valence-corrected chi connectivity index (χ1v) is 8.38. The Labute approximate surface area is 155 Å². The Balaban J connectivity index is 1.67. The van der Waals surface area contributed by atoms with Gasteiger partial charge in [-0.25, -0.2) is 4.79 Å². The van der Waals surface area contributed by atoms with E-state index in [0.29, 0.717) is 30.9 Å². The van der Waals surface area contributed by atoms with Gasteiger partial charge in [0, 0.05) is 37.9 Å². The molecule has 6 nitrogen and oxygen atoms in total. The van der Waals surface area contributed by atoms with Gasteiger partial charge in [-0.3, -0.25) is 9.69 Å². The number of urea groups is 1. The van der Waals surface area contributed by atoms with E-state index in [1.54, 1.807) is 48.3 Å². The average molecular weight is 375 g/mol. The Kier molecular flexibility index (Phi) is 5.54. The van der Waals surface area contributed by atoms with Crippen LogP contribution in [0.3, 0.4) is 0 Å². The minimum atomic E-state index is -2.87. The van der Waals surface area contributed by atoms with E-state index in [0.717, 1.165) is 5.56 Å². The van der Waals surface area contributed by atoms with Crippen LogP contribution in [0, 0.1) is 0 Å². The number of benzene rings is 2. The van der Waals surface area contributed by atoms with Crippen LogP contribution >= 0.6 is 0 Å². The molecular formula is C19H19F2N3O3. The molecule has 0 radical (unpaired) electrons. The molecule has 0 saturated carbocycles. The Morgan fingerprint density at radius 3 is 2.63 bits per heavy atom. The topological polar surface area (TPSA) is 61.9 Å². The molecule has 0 aliphatic carbocycles. The van der Waals surface area contributed by atoms with Crippen LogP contribution in [0.4, 0.5) is 19.3 Å². The predicted octanol–water partition coefficient (Wildman–Crippen LogP) is 3.09. The fraction of sp³-hybridized carbons (Fsp3) is 0.263. The summed E-state index contributed by atoms with van der Waals surface area (Å²) in [7, 11) is 1.65. The highest BCUT2D eigenvalue weighted by Crippen LogP contribution is 2.20. The van der Waals surface area contributed by atoms with Gasteiger partial charge in [-0.1, -0.05) is 18.2 Å². The molecule has 3 rings (SSSR count). The average Bonchev–Trinajstić information content (AvgIpc) is 3.08. The maximum atomic E-state index is 12.7. The lowest BCUT2D eigenvalue weighted by molar-refractivity contribution is -0.0498. The molecule has 27 heavy (non-hydrogen) atoms. The van der Waals surface area contributed by atoms with Gasteiger partial charge in [0.25, 0.3) is 5.91 Å². The number of hydrogen-bond acceptors (Lipinski definition) is 3. The number of ether oxygens (including phenoxy) is 1. The van der Waals surface area contributed by atoms with E-state index in [1.165, 1.54) is 17.0 Å². The Hall–Kier alpha value is -3.16. The summed E-state index contributed by atoms with van der Waals surface area (Å²) in [6.07, 6.45) is 0. The number of hydrogen-bond donors (Lipinski definition) is 1. The first-order chi connectivity index (χ1) is 12.9. The van der Waals surface area contributed by atoms with Gasteiger partial charge in [0.15, 0.2) is 0 Å². The molecule has 8 heteroatoms. The summed E-state index contributed by atoms with van der Waals surface area (Å²) in [6, 6.07) is 12.8. The molecule has 1 fully saturated rings. The van der Waals surface area contributed by atoms with Crippen LogP contribution in [-0.4, -0.2) is 43.6 Å². The van der Waals surface area contributed by atoms with E-state index in [-0.39, 0.29) is 17.7 Å². The monoisotopic (exact) mass is 375 g/mol. The zero-order chi connectivity index (χ0) is 19.4.